The molecule has 2 rings (SSSR count). The van der Waals surface area contributed by atoms with Crippen LogP contribution >= 0.6 is 11.3 Å². The van der Waals surface area contributed by atoms with E-state index in [9.17, 15) is 18.8 Å². The zero-order valence-electron chi connectivity index (χ0n) is 16.4. The molecule has 2 aromatic rings. The minimum absolute atomic E-state index is 0.230. The Morgan fingerprint density at radius 2 is 1.82 bits per heavy atom. The number of benzene rings is 1. The average Bonchev–Trinajstić information content (AvgIpc) is 2.86. The van der Waals surface area contributed by atoms with Gasteiger partial charge in [-0.15, -0.1) is 11.3 Å². The highest BCUT2D eigenvalue weighted by Gasteiger charge is 2.27. The maximum atomic E-state index is 13.2. The Kier molecular flexibility index (Phi) is 6.56. The van der Waals surface area contributed by atoms with E-state index in [0.717, 1.165) is 10.9 Å². The van der Waals surface area contributed by atoms with Gasteiger partial charge in [-0.05, 0) is 37.6 Å². The molecule has 8 heteroatoms. The van der Waals surface area contributed by atoms with Crippen LogP contribution in [0.2, 0.25) is 0 Å². The summed E-state index contributed by atoms with van der Waals surface area (Å²) in [6.07, 6.45) is 0. The van der Waals surface area contributed by atoms with E-state index in [0.29, 0.717) is 10.6 Å². The normalized spacial score (nSPS) is 11.1. The van der Waals surface area contributed by atoms with Crippen molar-refractivity contribution in [3.05, 3.63) is 46.1 Å². The van der Waals surface area contributed by atoms with Crippen molar-refractivity contribution in [2.45, 2.75) is 34.6 Å². The molecule has 0 aliphatic heterocycles. The van der Waals surface area contributed by atoms with Gasteiger partial charge in [0.1, 0.15) is 10.8 Å². The summed E-state index contributed by atoms with van der Waals surface area (Å²) in [5.74, 6) is -2.02. The zero-order valence-corrected chi connectivity index (χ0v) is 17.3. The standard InChI is InChI=1S/C20H23FN2O4S/c1-11-12(2)28-17(23-19(26)20(3,4)5)16(11)18(25)27-10-15(24)22-14-8-6-7-13(21)9-14/h6-9H,10H2,1-5H3,(H,22,24)(H,23,26). The van der Waals surface area contributed by atoms with Crippen LogP contribution in [0.25, 0.3) is 0 Å². The maximum Gasteiger partial charge on any atom is 0.341 e. The molecule has 1 heterocycles. The van der Waals surface area contributed by atoms with Gasteiger partial charge in [0.25, 0.3) is 5.91 Å². The third-order valence-electron chi connectivity index (χ3n) is 3.94. The van der Waals surface area contributed by atoms with Crippen molar-refractivity contribution in [3.63, 3.8) is 0 Å². The minimum atomic E-state index is -0.708. The van der Waals surface area contributed by atoms with Gasteiger partial charge in [0.05, 0.1) is 5.56 Å². The Bertz CT molecular complexity index is 915. The number of amides is 2. The number of carbonyl (C=O) groups excluding carboxylic acids is 3. The minimum Gasteiger partial charge on any atom is -0.452 e. The zero-order chi connectivity index (χ0) is 21.1. The molecule has 150 valence electrons. The monoisotopic (exact) mass is 406 g/mol. The summed E-state index contributed by atoms with van der Waals surface area (Å²) in [7, 11) is 0. The SMILES string of the molecule is Cc1sc(NC(=O)C(C)(C)C)c(C(=O)OCC(=O)Nc2cccc(F)c2)c1C. The van der Waals surface area contributed by atoms with E-state index in [4.69, 9.17) is 4.74 Å². The number of hydrogen-bond acceptors (Lipinski definition) is 5. The van der Waals surface area contributed by atoms with Crippen LogP contribution < -0.4 is 10.6 Å². The third kappa shape index (κ3) is 5.39. The van der Waals surface area contributed by atoms with Crippen molar-refractivity contribution in [1.29, 1.82) is 0 Å². The number of halogens is 1. The number of aryl methyl sites for hydroxylation is 1. The van der Waals surface area contributed by atoms with E-state index < -0.39 is 29.7 Å². The second kappa shape index (κ2) is 8.52. The van der Waals surface area contributed by atoms with Crippen LogP contribution in [-0.4, -0.2) is 24.4 Å². The van der Waals surface area contributed by atoms with E-state index >= 15 is 0 Å². The summed E-state index contributed by atoms with van der Waals surface area (Å²) in [6.45, 7) is 8.36. The molecule has 6 nitrogen and oxygen atoms in total. The second-order valence-electron chi connectivity index (χ2n) is 7.33. The van der Waals surface area contributed by atoms with Gasteiger partial charge in [-0.1, -0.05) is 26.8 Å². The molecule has 0 atom stereocenters. The highest BCUT2D eigenvalue weighted by atomic mass is 32.1. The number of anilines is 2. The molecule has 0 saturated carbocycles. The quantitative estimate of drug-likeness (QED) is 0.726. The van der Waals surface area contributed by atoms with Crippen LogP contribution in [0, 0.1) is 25.1 Å². The number of esters is 1. The predicted molar refractivity (Wildman–Crippen MR) is 107 cm³/mol. The first kappa shape index (κ1) is 21.6. The van der Waals surface area contributed by atoms with Gasteiger partial charge in [-0.25, -0.2) is 9.18 Å². The van der Waals surface area contributed by atoms with Gasteiger partial charge in [0.15, 0.2) is 6.61 Å². The molecular formula is C20H23FN2O4S. The van der Waals surface area contributed by atoms with E-state index in [1.165, 1.54) is 29.5 Å². The van der Waals surface area contributed by atoms with Gasteiger partial charge in [0, 0.05) is 16.0 Å². The molecule has 0 radical (unpaired) electrons. The van der Waals surface area contributed by atoms with Crippen molar-refractivity contribution in [3.8, 4) is 0 Å². The van der Waals surface area contributed by atoms with E-state index in [-0.39, 0.29) is 17.2 Å². The van der Waals surface area contributed by atoms with Gasteiger partial charge in [-0.2, -0.15) is 0 Å². The molecule has 0 spiro atoms. The van der Waals surface area contributed by atoms with Crippen LogP contribution in [0.1, 0.15) is 41.6 Å². The highest BCUT2D eigenvalue weighted by Crippen LogP contribution is 2.34. The van der Waals surface area contributed by atoms with Crippen molar-refractivity contribution in [2.24, 2.45) is 5.41 Å². The molecule has 0 aliphatic rings. The summed E-state index contributed by atoms with van der Waals surface area (Å²) in [6, 6.07) is 5.39. The van der Waals surface area contributed by atoms with Crippen molar-refractivity contribution in [2.75, 3.05) is 17.2 Å². The molecule has 2 amide bonds. The molecule has 28 heavy (non-hydrogen) atoms. The van der Waals surface area contributed by atoms with E-state index in [1.54, 1.807) is 27.7 Å². The molecule has 0 saturated heterocycles. The summed E-state index contributed by atoms with van der Waals surface area (Å²) in [5.41, 5.74) is 0.558. The molecule has 0 unspecified atom stereocenters. The van der Waals surface area contributed by atoms with Crippen molar-refractivity contribution >= 4 is 39.8 Å². The van der Waals surface area contributed by atoms with Crippen LogP contribution in [0.15, 0.2) is 24.3 Å². The Balaban J connectivity index is 2.07. The third-order valence-corrected chi connectivity index (χ3v) is 5.06. The summed E-state index contributed by atoms with van der Waals surface area (Å²) >= 11 is 1.28. The van der Waals surface area contributed by atoms with Gasteiger partial charge in [0.2, 0.25) is 5.91 Å². The molecule has 1 aromatic carbocycles. The summed E-state index contributed by atoms with van der Waals surface area (Å²) < 4.78 is 18.3. The Hall–Kier alpha value is -2.74. The Morgan fingerprint density at radius 1 is 1.14 bits per heavy atom. The van der Waals surface area contributed by atoms with Gasteiger partial charge in [-0.3, -0.25) is 9.59 Å². The van der Waals surface area contributed by atoms with Crippen LogP contribution in [0.3, 0.4) is 0 Å². The molecule has 0 bridgehead atoms. The van der Waals surface area contributed by atoms with Crippen LogP contribution in [0.4, 0.5) is 15.1 Å². The van der Waals surface area contributed by atoms with Gasteiger partial charge >= 0.3 is 5.97 Å². The number of thiophene rings is 1. The molecule has 1 aromatic heterocycles. The largest absolute Gasteiger partial charge is 0.452 e. The summed E-state index contributed by atoms with van der Waals surface area (Å²) in [5, 5.41) is 5.61. The second-order valence-corrected chi connectivity index (χ2v) is 8.55. The highest BCUT2D eigenvalue weighted by molar-refractivity contribution is 7.16. The van der Waals surface area contributed by atoms with Crippen molar-refractivity contribution in [1.82, 2.24) is 0 Å². The molecule has 0 fully saturated rings. The number of ether oxygens (including phenoxy) is 1. The molecule has 0 aliphatic carbocycles. The fourth-order valence-electron chi connectivity index (χ4n) is 2.22. The smallest absolute Gasteiger partial charge is 0.341 e. The van der Waals surface area contributed by atoms with Gasteiger partial charge < -0.3 is 15.4 Å². The lowest BCUT2D eigenvalue weighted by atomic mass is 9.96. The van der Waals surface area contributed by atoms with E-state index in [2.05, 4.69) is 10.6 Å². The van der Waals surface area contributed by atoms with Crippen LogP contribution in [-0.2, 0) is 14.3 Å². The van der Waals surface area contributed by atoms with Crippen molar-refractivity contribution < 1.29 is 23.5 Å². The lowest BCUT2D eigenvalue weighted by Crippen LogP contribution is -2.28. The number of carbonyl (C=O) groups is 3. The first-order chi connectivity index (χ1) is 13.0. The maximum absolute atomic E-state index is 13.2. The Labute approximate surface area is 167 Å². The summed E-state index contributed by atoms with van der Waals surface area (Å²) in [4.78, 5) is 37.6. The molecule has 2 N–H and O–H groups in total. The number of rotatable bonds is 5. The first-order valence-electron chi connectivity index (χ1n) is 8.63. The number of hydrogen-bond donors (Lipinski definition) is 2. The van der Waals surface area contributed by atoms with E-state index in [1.807, 2.05) is 6.92 Å². The lowest BCUT2D eigenvalue weighted by Gasteiger charge is -2.17. The Morgan fingerprint density at radius 3 is 2.43 bits per heavy atom. The fourth-order valence-corrected chi connectivity index (χ4v) is 3.26. The first-order valence-corrected chi connectivity index (χ1v) is 9.44. The lowest BCUT2D eigenvalue weighted by molar-refractivity contribution is -0.123. The number of nitrogens with one attached hydrogen (secondary N) is 2. The predicted octanol–water partition coefficient (Wildman–Crippen LogP) is 4.28. The average molecular weight is 406 g/mol. The fraction of sp³-hybridized carbons (Fsp3) is 0.350. The topological polar surface area (TPSA) is 84.5 Å². The molecular weight excluding hydrogens is 383 g/mol. The van der Waals surface area contributed by atoms with Crippen LogP contribution in [0.5, 0.6) is 0 Å².